The number of hydrogen-bond acceptors (Lipinski definition) is 21. The van der Waals surface area contributed by atoms with Crippen LogP contribution in [0.15, 0.2) is 48.5 Å². The Morgan fingerprint density at radius 3 is 1.72 bits per heavy atom. The molecular formula is C63H75Cl5F2N2O21. The first-order valence-electron chi connectivity index (χ1n) is 31.1. The third-order valence-electron chi connectivity index (χ3n) is 20.2. The number of hydrogen-bond donors (Lipinski definition) is 2. The molecule has 0 radical (unpaired) electrons. The van der Waals surface area contributed by atoms with Crippen molar-refractivity contribution in [3.63, 3.8) is 0 Å². The molecule has 2 amide bonds. The summed E-state index contributed by atoms with van der Waals surface area (Å²) >= 11 is 30.1. The Morgan fingerprint density at radius 2 is 1.15 bits per heavy atom. The van der Waals surface area contributed by atoms with Crippen LogP contribution in [0.25, 0.3) is 0 Å². The molecule has 8 fully saturated rings. The highest BCUT2D eigenvalue weighted by Gasteiger charge is 2.71. The zero-order valence-electron chi connectivity index (χ0n) is 51.3. The fourth-order valence-electron chi connectivity index (χ4n) is 16.3. The Morgan fingerprint density at radius 1 is 0.602 bits per heavy atom. The molecular weight excluding hydrogens is 1340 g/mol. The molecule has 4 saturated carbocycles. The summed E-state index contributed by atoms with van der Waals surface area (Å²) in [5.74, 6) is -10.7. The van der Waals surface area contributed by atoms with Gasteiger partial charge in [-0.3, -0.25) is 39.4 Å². The van der Waals surface area contributed by atoms with E-state index in [4.69, 9.17) is 120 Å². The number of rotatable bonds is 20. The quantitative estimate of drug-likeness (QED) is 0.0540. The third-order valence-corrected chi connectivity index (χ3v) is 21.2. The smallest absolute Gasteiger partial charge is 0.412 e. The summed E-state index contributed by atoms with van der Waals surface area (Å²) in [6.45, 7) is 7.79. The lowest BCUT2D eigenvalue weighted by atomic mass is 9.44. The van der Waals surface area contributed by atoms with Crippen LogP contribution < -0.4 is 10.6 Å². The highest BCUT2D eigenvalue weighted by molar-refractivity contribution is 6.27. The van der Waals surface area contributed by atoms with Gasteiger partial charge in [-0.15, -0.1) is 58.0 Å². The predicted molar refractivity (Wildman–Crippen MR) is 325 cm³/mol. The summed E-state index contributed by atoms with van der Waals surface area (Å²) in [7, 11) is 0. The second kappa shape index (κ2) is 30.2. The Labute approximate surface area is 560 Å². The normalized spacial score (nSPS) is 37.5. The topological polar surface area (TPSA) is 281 Å². The van der Waals surface area contributed by atoms with Gasteiger partial charge in [0.25, 0.3) is 0 Å². The number of esters is 5. The van der Waals surface area contributed by atoms with Gasteiger partial charge < -0.3 is 61.6 Å². The maximum atomic E-state index is 15.0. The monoisotopic (exact) mass is 1410 g/mol. The van der Waals surface area contributed by atoms with Crippen molar-refractivity contribution in [2.45, 2.75) is 165 Å². The van der Waals surface area contributed by atoms with E-state index in [1.807, 2.05) is 0 Å². The average Bonchev–Trinajstić information content (AvgIpc) is 1.56. The maximum absolute atomic E-state index is 15.0. The summed E-state index contributed by atoms with van der Waals surface area (Å²) in [5, 5.41) is 4.63. The van der Waals surface area contributed by atoms with Crippen molar-refractivity contribution in [2.75, 3.05) is 59.9 Å². The van der Waals surface area contributed by atoms with Gasteiger partial charge in [0.1, 0.15) is 78.3 Å². The van der Waals surface area contributed by atoms with E-state index in [0.29, 0.717) is 38.2 Å². The first-order chi connectivity index (χ1) is 44.4. The molecule has 512 valence electrons. The van der Waals surface area contributed by atoms with E-state index in [2.05, 4.69) is 38.3 Å². The number of fused-ring (bicyclic) bond motifs is 7. The van der Waals surface area contributed by atoms with Gasteiger partial charge >= 0.3 is 42.0 Å². The van der Waals surface area contributed by atoms with Gasteiger partial charge in [0.05, 0.1) is 18.8 Å². The number of alkyl halides is 5. The number of nitrogens with one attached hydrogen (secondary N) is 2. The molecule has 4 saturated heterocycles. The van der Waals surface area contributed by atoms with Crippen molar-refractivity contribution < 1.29 is 109 Å². The largest absolute Gasteiger partial charge is 0.462 e. The van der Waals surface area contributed by atoms with Gasteiger partial charge in [-0.1, -0.05) is 39.8 Å². The Hall–Kier alpha value is -4.93. The number of carbonyl (C=O) groups is 8. The van der Waals surface area contributed by atoms with E-state index in [0.717, 1.165) is 56.4 Å². The molecule has 0 bridgehead atoms. The van der Waals surface area contributed by atoms with Gasteiger partial charge in [0.2, 0.25) is 0 Å². The van der Waals surface area contributed by atoms with Crippen LogP contribution in [0.3, 0.4) is 0 Å². The summed E-state index contributed by atoms with van der Waals surface area (Å²) in [5.41, 5.74) is -0.904. The van der Waals surface area contributed by atoms with E-state index >= 15 is 4.79 Å². The van der Waals surface area contributed by atoms with Crippen LogP contribution in [0.5, 0.6) is 0 Å². The second-order valence-corrected chi connectivity index (χ2v) is 27.1. The second-order valence-electron chi connectivity index (χ2n) is 25.8. The molecule has 1 spiro atoms. The number of benzene rings is 2. The minimum Gasteiger partial charge on any atom is -0.462 e. The Kier molecular flexibility index (Phi) is 23.0. The SMILES string of the molecule is C[C@@H]1CC[C@@]2(OC1)OC1C[C@H]3[C@@H]4CC[C@H]5C[C@@H](O[C@@H]6O[C@H](COC(=O)CCl)[C@@H](O[C@@H]7O[C@H](COC(=O)Nc8cccc(F)c8)[C@@H](OC(=O)Nc8cccc(F)c8)[C@H](OC(=O)CCl)[C@H]7OC(=O)CCl)[C@H](OC(=O)CCl)[C@H]6OC(=O)CCl)CC[C@]5(C)[C@H]4C(=O)C[C@]3(C)C1[C@@H]2C. The molecule has 30 heteroatoms. The van der Waals surface area contributed by atoms with Crippen molar-refractivity contribution in [1.82, 2.24) is 0 Å². The van der Waals surface area contributed by atoms with E-state index in [1.165, 1.54) is 24.3 Å². The molecule has 2 unspecified atom stereocenters. The van der Waals surface area contributed by atoms with Crippen molar-refractivity contribution in [3.05, 3.63) is 60.2 Å². The lowest BCUT2D eigenvalue weighted by molar-refractivity contribution is -0.364. The minimum atomic E-state index is -2.20. The van der Waals surface area contributed by atoms with Crippen LogP contribution in [-0.4, -0.2) is 176 Å². The Bertz CT molecular complexity index is 3080. The molecule has 93 heavy (non-hydrogen) atoms. The van der Waals surface area contributed by atoms with Gasteiger partial charge in [0, 0.05) is 36.1 Å². The molecule has 2 aromatic carbocycles. The van der Waals surface area contributed by atoms with Crippen LogP contribution in [0, 0.1) is 63.9 Å². The highest BCUT2D eigenvalue weighted by atomic mass is 35.5. The molecule has 22 atom stereocenters. The zero-order chi connectivity index (χ0) is 66.7. The molecule has 2 aromatic rings. The van der Waals surface area contributed by atoms with Gasteiger partial charge in [-0.2, -0.15) is 0 Å². The van der Waals surface area contributed by atoms with Crippen molar-refractivity contribution in [3.8, 4) is 0 Å². The lowest BCUT2D eigenvalue weighted by Crippen LogP contribution is -2.68. The molecule has 23 nitrogen and oxygen atoms in total. The van der Waals surface area contributed by atoms with Gasteiger partial charge in [-0.25, -0.2) is 18.4 Å². The summed E-state index contributed by atoms with van der Waals surface area (Å²) in [4.78, 5) is 109. The minimum absolute atomic E-state index is 0.0167. The van der Waals surface area contributed by atoms with Crippen molar-refractivity contribution >= 4 is 117 Å². The van der Waals surface area contributed by atoms with Gasteiger partial charge in [-0.05, 0) is 122 Å². The van der Waals surface area contributed by atoms with E-state index in [9.17, 15) is 42.3 Å². The van der Waals surface area contributed by atoms with Crippen molar-refractivity contribution in [1.29, 1.82) is 0 Å². The molecule has 8 aliphatic rings. The highest BCUT2D eigenvalue weighted by Crippen LogP contribution is 2.71. The summed E-state index contributed by atoms with van der Waals surface area (Å²) < 4.78 is 109. The fraction of sp³-hybridized carbons (Fsp3) is 0.683. The third kappa shape index (κ3) is 15.4. The van der Waals surface area contributed by atoms with Crippen LogP contribution in [0.2, 0.25) is 0 Å². The van der Waals surface area contributed by atoms with Crippen LogP contribution >= 0.6 is 58.0 Å². The van der Waals surface area contributed by atoms with Crippen LogP contribution in [0.4, 0.5) is 29.7 Å². The van der Waals surface area contributed by atoms with Crippen LogP contribution in [0.1, 0.15) is 85.5 Å². The predicted octanol–water partition coefficient (Wildman–Crippen LogP) is 9.36. The number of anilines is 2. The summed E-state index contributed by atoms with van der Waals surface area (Å²) in [6.07, 6.45) is -16.7. The number of Topliss-reactive ketones (excluding diaryl/α,β-unsaturated/α-hetero) is 1. The summed E-state index contributed by atoms with van der Waals surface area (Å²) in [6, 6.07) is 9.30. The zero-order valence-corrected chi connectivity index (χ0v) is 55.1. The number of halogens is 7. The van der Waals surface area contributed by atoms with Crippen molar-refractivity contribution in [2.24, 2.45) is 52.3 Å². The number of amides is 2. The molecule has 4 heterocycles. The van der Waals surface area contributed by atoms with Gasteiger partial charge in [0.15, 0.2) is 48.9 Å². The standard InChI is InChI=1S/C63H75Cl5F2N2O21/c1-30-13-16-63(83-27-30)31(2)49-41(93-63)20-39-38-12-11-32-17-37(14-15-61(32,3)50(38)40(73)21-62(39,49)4)84-57-55(89-47(77)25-67)53(87-45(75)23-65)51(42(85-57)28-81-44(74)22-64)91-58-56(90-48(78)26-68)54(88-46(76)24-66)52(92-60(80)72-36-10-6-8-34(70)19-36)43(86-58)29-82-59(79)71-35-9-5-7-33(69)18-35/h5-10,18-19,30-32,37-39,41-43,49-58H,11-17,20-29H2,1-4H3,(H,71,79)(H,72,80)/t30-,31+,32+,37+,38+,39+,41?,42-,43-,49?,50-,51-,52-,53+,54+,55-,56-,57-,58+,61+,62+,63-/m1/s1. The first-order valence-corrected chi connectivity index (χ1v) is 33.7. The van der Waals surface area contributed by atoms with E-state index in [1.54, 1.807) is 0 Å². The fourth-order valence-corrected chi connectivity index (χ4v) is 16.6. The molecule has 0 aromatic heterocycles. The Balaban J connectivity index is 0.949. The maximum Gasteiger partial charge on any atom is 0.412 e. The molecule has 4 aliphatic heterocycles. The average molecular weight is 1410 g/mol. The van der Waals surface area contributed by atoms with E-state index in [-0.39, 0.29) is 64.2 Å². The van der Waals surface area contributed by atoms with Crippen LogP contribution in [-0.2, 0) is 90.3 Å². The van der Waals surface area contributed by atoms with E-state index < -0.39 is 175 Å². The number of ether oxygens (including phenoxy) is 13. The molecule has 2 N–H and O–H groups in total. The first kappa shape index (κ1) is 70.9. The number of ketones is 1. The molecule has 4 aliphatic carbocycles. The number of carbonyl (C=O) groups excluding carboxylic acids is 8. The molecule has 10 rings (SSSR count). The lowest BCUT2D eigenvalue weighted by Gasteiger charge is -2.60.